The summed E-state index contributed by atoms with van der Waals surface area (Å²) >= 11 is 7.06. The van der Waals surface area contributed by atoms with Crippen LogP contribution >= 0.6 is 23.6 Å². The molecule has 0 atom stereocenters. The van der Waals surface area contributed by atoms with Crippen molar-refractivity contribution in [1.29, 1.82) is 0 Å². The number of methoxy groups -OCH3 is 1. The van der Waals surface area contributed by atoms with Gasteiger partial charge in [-0.25, -0.2) is 4.98 Å². The van der Waals surface area contributed by atoms with Gasteiger partial charge in [0.25, 0.3) is 0 Å². The molecule has 3 rings (SSSR count). The number of amides is 1. The predicted molar refractivity (Wildman–Crippen MR) is 111 cm³/mol. The Morgan fingerprint density at radius 1 is 1.22 bits per heavy atom. The zero-order valence-electron chi connectivity index (χ0n) is 15.6. The fourth-order valence-electron chi connectivity index (χ4n) is 2.92. The molecule has 1 saturated heterocycles. The van der Waals surface area contributed by atoms with Crippen LogP contribution in [-0.2, 0) is 17.8 Å². The molecule has 1 aromatic heterocycles. The molecule has 0 radical (unpaired) electrons. The third-order valence-corrected chi connectivity index (χ3v) is 5.86. The average Bonchev–Trinajstić information content (AvgIpc) is 3.11. The first-order chi connectivity index (χ1) is 13.0. The molecule has 0 saturated carbocycles. The van der Waals surface area contributed by atoms with Crippen LogP contribution < -0.4 is 10.1 Å². The monoisotopic (exact) mass is 404 g/mol. The highest BCUT2D eigenvalue weighted by molar-refractivity contribution is 7.80. The second-order valence-corrected chi connectivity index (χ2v) is 7.76. The number of carbonyl (C=O) groups is 1. The third-order valence-electron chi connectivity index (χ3n) is 4.49. The minimum atomic E-state index is 0.140. The molecule has 27 heavy (non-hydrogen) atoms. The van der Waals surface area contributed by atoms with Crippen LogP contribution in [0.3, 0.4) is 0 Å². The fraction of sp³-hybridized carbons (Fsp3) is 0.421. The van der Waals surface area contributed by atoms with E-state index < -0.39 is 0 Å². The number of hydrogen-bond donors (Lipinski definition) is 1. The summed E-state index contributed by atoms with van der Waals surface area (Å²) < 4.78 is 5.17. The van der Waals surface area contributed by atoms with Crippen molar-refractivity contribution in [1.82, 2.24) is 20.1 Å². The van der Waals surface area contributed by atoms with Gasteiger partial charge in [0.05, 0.1) is 13.5 Å². The summed E-state index contributed by atoms with van der Waals surface area (Å²) in [4.78, 5) is 20.8. The van der Waals surface area contributed by atoms with Crippen molar-refractivity contribution in [3.05, 3.63) is 45.9 Å². The number of piperazine rings is 1. The summed E-state index contributed by atoms with van der Waals surface area (Å²) in [6.07, 6.45) is 0.388. The normalized spacial score (nSPS) is 14.1. The lowest BCUT2D eigenvalue weighted by molar-refractivity contribution is -0.131. The first-order valence-corrected chi connectivity index (χ1v) is 10.2. The average molecular weight is 405 g/mol. The standard InChI is InChI=1S/C19H24N4O2S2/c1-14-13-27-17(21-14)11-18(24)22-7-9-23(10-8-22)19(26)20-12-15-3-5-16(25-2)6-4-15/h3-6,13H,7-12H2,1-2H3,(H,20,26). The first kappa shape index (κ1) is 19.6. The molecule has 1 fully saturated rings. The SMILES string of the molecule is COc1ccc(CNC(=S)N2CCN(C(=O)Cc3nc(C)cs3)CC2)cc1. The van der Waals surface area contributed by atoms with E-state index in [-0.39, 0.29) is 5.91 Å². The van der Waals surface area contributed by atoms with E-state index in [2.05, 4.69) is 15.2 Å². The van der Waals surface area contributed by atoms with Crippen molar-refractivity contribution in [2.45, 2.75) is 19.9 Å². The van der Waals surface area contributed by atoms with Crippen LogP contribution in [0.1, 0.15) is 16.3 Å². The van der Waals surface area contributed by atoms with Crippen molar-refractivity contribution in [3.63, 3.8) is 0 Å². The van der Waals surface area contributed by atoms with Crippen molar-refractivity contribution in [2.24, 2.45) is 0 Å². The van der Waals surface area contributed by atoms with Crippen molar-refractivity contribution in [3.8, 4) is 5.75 Å². The van der Waals surface area contributed by atoms with Gasteiger partial charge in [-0.3, -0.25) is 4.79 Å². The fourth-order valence-corrected chi connectivity index (χ4v) is 3.93. The number of aromatic nitrogens is 1. The van der Waals surface area contributed by atoms with Crippen LogP contribution in [0, 0.1) is 6.92 Å². The van der Waals surface area contributed by atoms with Gasteiger partial charge >= 0.3 is 0 Å². The smallest absolute Gasteiger partial charge is 0.229 e. The number of carbonyl (C=O) groups excluding carboxylic acids is 1. The molecule has 0 spiro atoms. The molecule has 144 valence electrons. The van der Waals surface area contributed by atoms with Gasteiger partial charge in [0.15, 0.2) is 5.11 Å². The lowest BCUT2D eigenvalue weighted by Gasteiger charge is -2.36. The summed E-state index contributed by atoms with van der Waals surface area (Å²) in [5.41, 5.74) is 2.12. The van der Waals surface area contributed by atoms with Crippen LogP contribution in [0.25, 0.3) is 0 Å². The quantitative estimate of drug-likeness (QED) is 0.772. The topological polar surface area (TPSA) is 57.7 Å². The molecule has 1 aliphatic rings. The Bertz CT molecular complexity index is 783. The summed E-state index contributed by atoms with van der Waals surface area (Å²) in [5.74, 6) is 0.983. The molecular weight excluding hydrogens is 380 g/mol. The Morgan fingerprint density at radius 3 is 2.48 bits per heavy atom. The number of aryl methyl sites for hydroxylation is 1. The van der Waals surface area contributed by atoms with Crippen LogP contribution in [-0.4, -0.2) is 59.1 Å². The number of benzene rings is 1. The molecule has 2 heterocycles. The molecule has 0 bridgehead atoms. The molecular formula is C19H24N4O2S2. The van der Waals surface area contributed by atoms with E-state index in [9.17, 15) is 4.79 Å². The molecule has 8 heteroatoms. The highest BCUT2D eigenvalue weighted by Gasteiger charge is 2.23. The van der Waals surface area contributed by atoms with E-state index in [1.807, 2.05) is 41.5 Å². The number of nitrogens with zero attached hydrogens (tertiary/aromatic N) is 3. The van der Waals surface area contributed by atoms with Gasteiger partial charge in [-0.05, 0) is 36.8 Å². The van der Waals surface area contributed by atoms with E-state index in [1.54, 1.807) is 18.4 Å². The van der Waals surface area contributed by atoms with E-state index in [4.69, 9.17) is 17.0 Å². The minimum Gasteiger partial charge on any atom is -0.497 e. The second kappa shape index (κ2) is 9.14. The lowest BCUT2D eigenvalue weighted by atomic mass is 10.2. The maximum atomic E-state index is 12.4. The van der Waals surface area contributed by atoms with Gasteiger partial charge in [-0.2, -0.15) is 0 Å². The lowest BCUT2D eigenvalue weighted by Crippen LogP contribution is -2.53. The number of nitrogens with one attached hydrogen (secondary N) is 1. The summed E-state index contributed by atoms with van der Waals surface area (Å²) in [6.45, 7) is 5.49. The van der Waals surface area contributed by atoms with Gasteiger partial charge in [0, 0.05) is 43.8 Å². The molecule has 1 amide bonds. The van der Waals surface area contributed by atoms with Gasteiger partial charge in [-0.1, -0.05) is 12.1 Å². The number of ether oxygens (including phenoxy) is 1. The number of hydrogen-bond acceptors (Lipinski definition) is 5. The summed E-state index contributed by atoms with van der Waals surface area (Å²) in [7, 11) is 1.66. The number of thiazole rings is 1. The highest BCUT2D eigenvalue weighted by Crippen LogP contribution is 2.13. The van der Waals surface area contributed by atoms with Gasteiger partial charge in [-0.15, -0.1) is 11.3 Å². The van der Waals surface area contributed by atoms with Crippen LogP contribution in [0.4, 0.5) is 0 Å². The predicted octanol–water partition coefficient (Wildman–Crippen LogP) is 2.22. The maximum Gasteiger partial charge on any atom is 0.229 e. The first-order valence-electron chi connectivity index (χ1n) is 8.89. The summed E-state index contributed by atoms with van der Waals surface area (Å²) in [5, 5.41) is 6.89. The van der Waals surface area contributed by atoms with Crippen molar-refractivity contribution in [2.75, 3.05) is 33.3 Å². The van der Waals surface area contributed by atoms with Crippen LogP contribution in [0.5, 0.6) is 5.75 Å². The van der Waals surface area contributed by atoms with Gasteiger partial charge in [0.2, 0.25) is 5.91 Å². The van der Waals surface area contributed by atoms with Crippen molar-refractivity contribution >= 4 is 34.6 Å². The molecule has 2 aromatic rings. The molecule has 1 aromatic carbocycles. The second-order valence-electron chi connectivity index (χ2n) is 6.43. The molecule has 0 unspecified atom stereocenters. The highest BCUT2D eigenvalue weighted by atomic mass is 32.1. The Morgan fingerprint density at radius 2 is 1.89 bits per heavy atom. The van der Waals surface area contributed by atoms with Gasteiger partial charge < -0.3 is 19.9 Å². The van der Waals surface area contributed by atoms with Gasteiger partial charge in [0.1, 0.15) is 10.8 Å². The van der Waals surface area contributed by atoms with Crippen LogP contribution in [0.2, 0.25) is 0 Å². The maximum absolute atomic E-state index is 12.4. The Kier molecular flexibility index (Phi) is 6.63. The molecule has 0 aliphatic carbocycles. The van der Waals surface area contributed by atoms with E-state index in [0.29, 0.717) is 26.1 Å². The minimum absolute atomic E-state index is 0.140. The Labute approximate surface area is 169 Å². The van der Waals surface area contributed by atoms with E-state index in [0.717, 1.165) is 40.2 Å². The zero-order valence-corrected chi connectivity index (χ0v) is 17.2. The number of thiocarbonyl (C=S) groups is 1. The zero-order chi connectivity index (χ0) is 19.2. The van der Waals surface area contributed by atoms with E-state index >= 15 is 0 Å². The summed E-state index contributed by atoms with van der Waals surface area (Å²) in [6, 6.07) is 7.92. The van der Waals surface area contributed by atoms with Crippen LogP contribution in [0.15, 0.2) is 29.6 Å². The third kappa shape index (κ3) is 5.40. The largest absolute Gasteiger partial charge is 0.497 e. The van der Waals surface area contributed by atoms with E-state index in [1.165, 1.54) is 0 Å². The molecule has 1 N–H and O–H groups in total. The Hall–Kier alpha value is -2.19. The molecule has 1 aliphatic heterocycles. The Balaban J connectivity index is 1.42. The number of rotatable bonds is 5. The molecule has 6 nitrogen and oxygen atoms in total. The van der Waals surface area contributed by atoms with Crippen molar-refractivity contribution < 1.29 is 9.53 Å².